The van der Waals surface area contributed by atoms with E-state index in [1.54, 1.807) is 16.8 Å². The highest BCUT2D eigenvalue weighted by Crippen LogP contribution is 2.41. The van der Waals surface area contributed by atoms with Gasteiger partial charge in [0.1, 0.15) is 5.82 Å². The van der Waals surface area contributed by atoms with E-state index < -0.39 is 10.2 Å². The average molecular weight is 376 g/mol. The number of nitro groups is 1. The molecule has 0 saturated carbocycles. The molecule has 2 atom stereocenters. The van der Waals surface area contributed by atoms with Gasteiger partial charge in [-0.3, -0.25) is 29.5 Å². The van der Waals surface area contributed by atoms with E-state index in [0.717, 1.165) is 12.8 Å². The molecule has 2 aromatic rings. The standard InChI is InChI=1S/C17H20N4O4S/c1-3-5-10(2)20-16-14(17(23)19-20)15(26-9-13(22)18-16)11-6-4-7-12(8-11)21(24)25/h4,6-8,10,15H,3,5,9H2,1-2H3,(H,18,22)(H,19,23)/t10-,15+/m0/s1. The van der Waals surface area contributed by atoms with Crippen LogP contribution >= 0.6 is 11.8 Å². The Bertz CT molecular complexity index is 904. The second kappa shape index (κ2) is 7.36. The molecule has 0 fully saturated rings. The maximum Gasteiger partial charge on any atom is 0.270 e. The number of amides is 1. The molecule has 0 aliphatic carbocycles. The fourth-order valence-electron chi connectivity index (χ4n) is 3.19. The zero-order valence-corrected chi connectivity index (χ0v) is 15.3. The summed E-state index contributed by atoms with van der Waals surface area (Å²) in [5.41, 5.74) is 0.746. The van der Waals surface area contributed by atoms with Crippen LogP contribution < -0.4 is 10.9 Å². The van der Waals surface area contributed by atoms with E-state index in [1.165, 1.54) is 23.9 Å². The number of aromatic nitrogens is 2. The fraction of sp³-hybridized carbons (Fsp3) is 0.412. The molecule has 1 aromatic carbocycles. The van der Waals surface area contributed by atoms with Gasteiger partial charge in [-0.25, -0.2) is 0 Å². The number of nitrogens with one attached hydrogen (secondary N) is 2. The minimum absolute atomic E-state index is 0.0191. The normalized spacial score (nSPS) is 17.9. The Morgan fingerprint density at radius 3 is 2.88 bits per heavy atom. The lowest BCUT2D eigenvalue weighted by molar-refractivity contribution is -0.384. The number of hydrogen-bond donors (Lipinski definition) is 2. The topological polar surface area (TPSA) is 110 Å². The molecular weight excluding hydrogens is 356 g/mol. The Labute approximate surface area is 154 Å². The number of carbonyl (C=O) groups excluding carboxylic acids is 1. The van der Waals surface area contributed by atoms with E-state index >= 15 is 0 Å². The lowest BCUT2D eigenvalue weighted by Crippen LogP contribution is -2.18. The number of H-pyrrole nitrogens is 1. The number of nitrogens with zero attached hydrogens (tertiary/aromatic N) is 2. The van der Waals surface area contributed by atoms with Crippen molar-refractivity contribution in [2.24, 2.45) is 0 Å². The SMILES string of the molecule is CCC[C@H](C)n1[nH]c(=O)c2c1NC(=O)CS[C@@H]2c1cccc([N+](=O)[O-])c1. The van der Waals surface area contributed by atoms with Crippen LogP contribution in [0.25, 0.3) is 0 Å². The van der Waals surface area contributed by atoms with Gasteiger partial charge in [0, 0.05) is 18.2 Å². The molecular formula is C17H20N4O4S. The van der Waals surface area contributed by atoms with Crippen LogP contribution in [0.4, 0.5) is 11.5 Å². The molecule has 2 N–H and O–H groups in total. The van der Waals surface area contributed by atoms with Gasteiger partial charge in [-0.05, 0) is 18.9 Å². The van der Waals surface area contributed by atoms with Gasteiger partial charge in [0.15, 0.2) is 0 Å². The predicted molar refractivity (Wildman–Crippen MR) is 101 cm³/mol. The van der Waals surface area contributed by atoms with Gasteiger partial charge < -0.3 is 5.32 Å². The molecule has 8 nitrogen and oxygen atoms in total. The summed E-state index contributed by atoms with van der Waals surface area (Å²) in [4.78, 5) is 35.5. The van der Waals surface area contributed by atoms with Crippen LogP contribution in [0.15, 0.2) is 29.1 Å². The Hall–Kier alpha value is -2.55. The van der Waals surface area contributed by atoms with Crippen molar-refractivity contribution in [3.8, 4) is 0 Å². The lowest BCUT2D eigenvalue weighted by atomic mass is 10.1. The van der Waals surface area contributed by atoms with Gasteiger partial charge in [-0.2, -0.15) is 0 Å². The van der Waals surface area contributed by atoms with E-state index in [9.17, 15) is 19.7 Å². The summed E-state index contributed by atoms with van der Waals surface area (Å²) < 4.78 is 1.70. The van der Waals surface area contributed by atoms with E-state index in [2.05, 4.69) is 17.3 Å². The maximum absolute atomic E-state index is 12.7. The fourth-order valence-corrected chi connectivity index (χ4v) is 4.30. The number of hydrogen-bond acceptors (Lipinski definition) is 5. The summed E-state index contributed by atoms with van der Waals surface area (Å²) >= 11 is 1.29. The zero-order valence-electron chi connectivity index (χ0n) is 14.5. The molecule has 138 valence electrons. The molecule has 3 rings (SSSR count). The summed E-state index contributed by atoms with van der Waals surface area (Å²) in [6.45, 7) is 4.03. The first-order valence-electron chi connectivity index (χ1n) is 8.42. The minimum Gasteiger partial charge on any atom is -0.310 e. The summed E-state index contributed by atoms with van der Waals surface area (Å²) in [5.74, 6) is 0.437. The highest BCUT2D eigenvalue weighted by molar-refractivity contribution is 8.00. The molecule has 0 radical (unpaired) electrons. The largest absolute Gasteiger partial charge is 0.310 e. The molecule has 26 heavy (non-hydrogen) atoms. The molecule has 2 heterocycles. The molecule has 1 aliphatic heterocycles. The number of carbonyl (C=O) groups is 1. The van der Waals surface area contributed by atoms with Gasteiger partial charge in [-0.1, -0.05) is 25.5 Å². The van der Waals surface area contributed by atoms with Crippen molar-refractivity contribution in [1.82, 2.24) is 9.78 Å². The lowest BCUT2D eigenvalue weighted by Gasteiger charge is -2.17. The highest BCUT2D eigenvalue weighted by Gasteiger charge is 2.31. The monoisotopic (exact) mass is 376 g/mol. The van der Waals surface area contributed by atoms with Crippen molar-refractivity contribution in [1.29, 1.82) is 0 Å². The minimum atomic E-state index is -0.464. The van der Waals surface area contributed by atoms with E-state index in [0.29, 0.717) is 16.9 Å². The average Bonchev–Trinajstić information content (AvgIpc) is 2.82. The molecule has 1 aliphatic rings. The summed E-state index contributed by atoms with van der Waals surface area (Å²) in [7, 11) is 0. The molecule has 1 amide bonds. The van der Waals surface area contributed by atoms with Crippen LogP contribution in [-0.4, -0.2) is 26.4 Å². The second-order valence-electron chi connectivity index (χ2n) is 6.30. The van der Waals surface area contributed by atoms with Crippen molar-refractivity contribution in [2.45, 2.75) is 38.0 Å². The van der Waals surface area contributed by atoms with Crippen LogP contribution in [0.3, 0.4) is 0 Å². The van der Waals surface area contributed by atoms with Gasteiger partial charge in [0.25, 0.3) is 11.2 Å². The Balaban J connectivity index is 2.13. The number of benzene rings is 1. The van der Waals surface area contributed by atoms with Crippen LogP contribution in [0.5, 0.6) is 0 Å². The highest BCUT2D eigenvalue weighted by atomic mass is 32.2. The molecule has 0 spiro atoms. The zero-order chi connectivity index (χ0) is 18.8. The van der Waals surface area contributed by atoms with Crippen LogP contribution in [0, 0.1) is 10.1 Å². The van der Waals surface area contributed by atoms with Crippen molar-refractivity contribution in [3.05, 3.63) is 55.9 Å². The number of fused-ring (bicyclic) bond motifs is 1. The number of rotatable bonds is 5. The number of anilines is 1. The van der Waals surface area contributed by atoms with E-state index in [-0.39, 0.29) is 28.9 Å². The number of aromatic amines is 1. The number of non-ortho nitro benzene ring substituents is 1. The van der Waals surface area contributed by atoms with Crippen molar-refractivity contribution in [3.63, 3.8) is 0 Å². The van der Waals surface area contributed by atoms with Crippen LogP contribution in [-0.2, 0) is 4.79 Å². The number of thioether (sulfide) groups is 1. The van der Waals surface area contributed by atoms with Crippen LogP contribution in [0.2, 0.25) is 0 Å². The summed E-state index contributed by atoms with van der Waals surface area (Å²) in [5, 5.41) is 16.3. The molecule has 0 unspecified atom stereocenters. The smallest absolute Gasteiger partial charge is 0.270 e. The third-order valence-corrected chi connectivity index (χ3v) is 5.66. The van der Waals surface area contributed by atoms with Gasteiger partial charge in [-0.15, -0.1) is 11.8 Å². The van der Waals surface area contributed by atoms with E-state index in [4.69, 9.17) is 0 Å². The Morgan fingerprint density at radius 2 is 2.19 bits per heavy atom. The first-order chi connectivity index (χ1) is 12.4. The summed E-state index contributed by atoms with van der Waals surface area (Å²) in [6, 6.07) is 6.23. The summed E-state index contributed by atoms with van der Waals surface area (Å²) in [6.07, 6.45) is 1.79. The Morgan fingerprint density at radius 1 is 1.42 bits per heavy atom. The molecule has 1 aromatic heterocycles. The first-order valence-corrected chi connectivity index (χ1v) is 9.47. The molecule has 0 saturated heterocycles. The van der Waals surface area contributed by atoms with Gasteiger partial charge >= 0.3 is 0 Å². The Kier molecular flexibility index (Phi) is 5.17. The molecule has 9 heteroatoms. The van der Waals surface area contributed by atoms with Crippen molar-refractivity contribution >= 4 is 29.2 Å². The van der Waals surface area contributed by atoms with E-state index in [1.807, 2.05) is 6.92 Å². The quantitative estimate of drug-likeness (QED) is 0.615. The second-order valence-corrected chi connectivity index (χ2v) is 7.40. The van der Waals surface area contributed by atoms with Gasteiger partial charge in [0.2, 0.25) is 5.91 Å². The third-order valence-electron chi connectivity index (χ3n) is 4.39. The third kappa shape index (κ3) is 3.39. The van der Waals surface area contributed by atoms with Crippen molar-refractivity contribution < 1.29 is 9.72 Å². The maximum atomic E-state index is 12.7. The van der Waals surface area contributed by atoms with Gasteiger partial charge in [0.05, 0.1) is 21.5 Å². The first kappa shape index (κ1) is 18.2. The van der Waals surface area contributed by atoms with Crippen molar-refractivity contribution in [2.75, 3.05) is 11.1 Å². The number of nitro benzene ring substituents is 1. The van der Waals surface area contributed by atoms with Crippen LogP contribution in [0.1, 0.15) is 49.1 Å². The molecule has 0 bridgehead atoms. The predicted octanol–water partition coefficient (Wildman–Crippen LogP) is 3.22.